The van der Waals surface area contributed by atoms with Crippen LogP contribution in [0, 0.1) is 24.5 Å². The Balaban J connectivity index is 0.000000201. The monoisotopic (exact) mass is 836 g/mol. The third kappa shape index (κ3) is 8.38. The predicted octanol–water partition coefficient (Wildman–Crippen LogP) is 9.96. The molecule has 0 bridgehead atoms. The molecule has 6 aromatic rings. The summed E-state index contributed by atoms with van der Waals surface area (Å²) in [5.74, 6) is 7.78. The standard InChI is InChI=1S/C20H17N2O.C19H26GeN.Ir/c1-12(2)14-9-10-21-18(11-14)17-6-4-5-15-16-8-7-13(3)22-20(16)23-19(15)17;1-19(2,3)13-16-12-18(15-10-8-7-9-11-15)21-14-17(16)20(4,5)6;/h4-5,7-12H,1-3H3;7-10,12,14H,13H2,1-6H3;/q2*-1;. The molecular weight excluding hydrogens is 791 g/mol. The molecule has 0 spiro atoms. The quantitative estimate of drug-likeness (QED) is 0.128. The van der Waals surface area contributed by atoms with E-state index in [1.54, 1.807) is 0 Å². The van der Waals surface area contributed by atoms with Crippen LogP contribution in [0.4, 0.5) is 0 Å². The smallest absolute Gasteiger partial charge is 0.216 e. The molecule has 0 saturated heterocycles. The van der Waals surface area contributed by atoms with Gasteiger partial charge in [-0.1, -0.05) is 36.4 Å². The Bertz CT molecular complexity index is 1900. The first-order valence-electron chi connectivity index (χ1n) is 15.4. The van der Waals surface area contributed by atoms with Gasteiger partial charge in [-0.2, -0.15) is 0 Å². The van der Waals surface area contributed by atoms with Crippen LogP contribution >= 0.6 is 0 Å². The number of hydrogen-bond acceptors (Lipinski definition) is 4. The van der Waals surface area contributed by atoms with Crippen molar-refractivity contribution in [1.82, 2.24) is 15.0 Å². The molecule has 4 heterocycles. The minimum atomic E-state index is -1.90. The third-order valence-corrected chi connectivity index (χ3v) is 12.0. The summed E-state index contributed by atoms with van der Waals surface area (Å²) in [5.41, 5.74) is 9.35. The first-order chi connectivity index (χ1) is 20.8. The van der Waals surface area contributed by atoms with Crippen molar-refractivity contribution in [3.8, 4) is 22.5 Å². The van der Waals surface area contributed by atoms with Gasteiger partial charge in [0.25, 0.3) is 0 Å². The SMILES string of the molecule is CC(C)(C)Cc1cc(-c2[c-]cccc2)nc[c]1[Ge]([CH3])([CH3])[CH3].Cc1ccc2c(n1)oc1c(-c3cc(C(C)C)ccn3)[c-]ccc12.[Ir]. The summed E-state index contributed by atoms with van der Waals surface area (Å²) in [6, 6.07) is 29.1. The van der Waals surface area contributed by atoms with Crippen molar-refractivity contribution >= 4 is 39.7 Å². The minimum Gasteiger partial charge on any atom is -0.486 e. The van der Waals surface area contributed by atoms with Crippen LogP contribution in [0.1, 0.15) is 57.4 Å². The predicted molar refractivity (Wildman–Crippen MR) is 187 cm³/mol. The van der Waals surface area contributed by atoms with Crippen LogP contribution in [-0.2, 0) is 26.5 Å². The number of pyridine rings is 3. The zero-order valence-electron chi connectivity index (χ0n) is 27.9. The van der Waals surface area contributed by atoms with Crippen molar-refractivity contribution in [3.63, 3.8) is 0 Å². The van der Waals surface area contributed by atoms with Gasteiger partial charge < -0.3 is 9.40 Å². The fourth-order valence-electron chi connectivity index (χ4n) is 5.44. The van der Waals surface area contributed by atoms with Crippen LogP contribution in [0.5, 0.6) is 0 Å². The van der Waals surface area contributed by atoms with Crippen LogP contribution in [0.25, 0.3) is 44.6 Å². The van der Waals surface area contributed by atoms with E-state index in [-0.39, 0.29) is 20.1 Å². The zero-order chi connectivity index (χ0) is 31.6. The number of furan rings is 1. The van der Waals surface area contributed by atoms with Gasteiger partial charge in [0.1, 0.15) is 0 Å². The summed E-state index contributed by atoms with van der Waals surface area (Å²) < 4.78 is 7.57. The van der Waals surface area contributed by atoms with Crippen LogP contribution in [0.15, 0.2) is 83.5 Å². The van der Waals surface area contributed by atoms with Crippen molar-refractivity contribution in [2.45, 2.75) is 71.1 Å². The first kappa shape index (κ1) is 34.7. The molecule has 4 aromatic heterocycles. The number of fused-ring (bicyclic) bond motifs is 3. The second kappa shape index (κ2) is 14.1. The molecule has 6 heteroatoms. The second-order valence-electron chi connectivity index (χ2n) is 14.1. The first-order valence-corrected chi connectivity index (χ1v) is 22.8. The van der Waals surface area contributed by atoms with E-state index in [9.17, 15) is 0 Å². The van der Waals surface area contributed by atoms with Crippen LogP contribution in [-0.4, -0.2) is 28.2 Å². The van der Waals surface area contributed by atoms with Crippen LogP contribution in [0.2, 0.25) is 17.3 Å². The van der Waals surface area contributed by atoms with Gasteiger partial charge >= 0.3 is 132 Å². The molecule has 4 nitrogen and oxygen atoms in total. The van der Waals surface area contributed by atoms with E-state index in [1.807, 2.05) is 49.5 Å². The van der Waals surface area contributed by atoms with Crippen LogP contribution < -0.4 is 4.40 Å². The minimum absolute atomic E-state index is 0. The van der Waals surface area contributed by atoms with Crippen molar-refractivity contribution in [3.05, 3.63) is 108 Å². The van der Waals surface area contributed by atoms with Crippen molar-refractivity contribution < 1.29 is 24.5 Å². The molecule has 0 aliphatic rings. The normalized spacial score (nSPS) is 11.8. The third-order valence-electron chi connectivity index (χ3n) is 7.65. The fourth-order valence-corrected chi connectivity index (χ4v) is 8.74. The Hall–Kier alpha value is -3.12. The Morgan fingerprint density at radius 3 is 2.31 bits per heavy atom. The molecular formula is C39H43GeIrN3O-2. The number of rotatable bonds is 5. The molecule has 0 aliphatic carbocycles. The van der Waals surface area contributed by atoms with Gasteiger partial charge in [-0.25, -0.2) is 4.98 Å². The van der Waals surface area contributed by atoms with Gasteiger partial charge in [-0.3, -0.25) is 0 Å². The summed E-state index contributed by atoms with van der Waals surface area (Å²) in [5, 5.41) is 2.08. The summed E-state index contributed by atoms with van der Waals surface area (Å²) in [6.07, 6.45) is 5.09. The number of nitrogens with zero attached hydrogens (tertiary/aromatic N) is 3. The summed E-state index contributed by atoms with van der Waals surface area (Å²) in [7, 11) is 0. The number of aryl methyl sites for hydroxylation is 1. The molecule has 45 heavy (non-hydrogen) atoms. The summed E-state index contributed by atoms with van der Waals surface area (Å²) in [4.78, 5) is 13.7. The second-order valence-corrected chi connectivity index (χ2v) is 24.7. The van der Waals surface area contributed by atoms with E-state index in [0.29, 0.717) is 17.0 Å². The summed E-state index contributed by atoms with van der Waals surface area (Å²) >= 11 is -1.90. The zero-order valence-corrected chi connectivity index (χ0v) is 32.4. The van der Waals surface area contributed by atoms with Crippen molar-refractivity contribution in [2.75, 3.05) is 0 Å². The van der Waals surface area contributed by atoms with E-state index >= 15 is 0 Å². The Morgan fingerprint density at radius 1 is 0.867 bits per heavy atom. The molecule has 2 aromatic carbocycles. The van der Waals surface area contributed by atoms with Gasteiger partial charge in [0.2, 0.25) is 5.71 Å². The fraction of sp³-hybridized carbons (Fsp3) is 0.308. The molecule has 0 amide bonds. The summed E-state index contributed by atoms with van der Waals surface area (Å²) in [6.45, 7) is 13.2. The molecule has 235 valence electrons. The van der Waals surface area contributed by atoms with E-state index in [4.69, 9.17) is 9.40 Å². The van der Waals surface area contributed by atoms with E-state index in [0.717, 1.165) is 51.0 Å². The average molecular weight is 835 g/mol. The molecule has 0 saturated carbocycles. The average Bonchev–Trinajstić information content (AvgIpc) is 3.34. The number of aromatic nitrogens is 3. The maximum Gasteiger partial charge on any atom is 0.216 e. The topological polar surface area (TPSA) is 51.8 Å². The van der Waals surface area contributed by atoms with Gasteiger partial charge in [0.05, 0.1) is 5.58 Å². The molecule has 0 atom stereocenters. The van der Waals surface area contributed by atoms with Gasteiger partial charge in [-0.15, -0.1) is 18.2 Å². The Morgan fingerprint density at radius 2 is 1.64 bits per heavy atom. The van der Waals surface area contributed by atoms with Gasteiger partial charge in [0, 0.05) is 37.4 Å². The maximum atomic E-state index is 6.04. The van der Waals surface area contributed by atoms with Crippen molar-refractivity contribution in [2.24, 2.45) is 5.41 Å². The van der Waals surface area contributed by atoms with E-state index < -0.39 is 13.3 Å². The number of hydrogen-bond donors (Lipinski definition) is 0. The van der Waals surface area contributed by atoms with Gasteiger partial charge in [0.15, 0.2) is 0 Å². The van der Waals surface area contributed by atoms with Crippen LogP contribution in [0.3, 0.4) is 0 Å². The number of benzene rings is 2. The van der Waals surface area contributed by atoms with Gasteiger partial charge in [-0.05, 0) is 36.7 Å². The van der Waals surface area contributed by atoms with E-state index in [1.165, 1.54) is 15.5 Å². The maximum absolute atomic E-state index is 6.04. The molecule has 1 radical (unpaired) electrons. The van der Waals surface area contributed by atoms with Crippen molar-refractivity contribution in [1.29, 1.82) is 0 Å². The molecule has 0 unspecified atom stereocenters. The largest absolute Gasteiger partial charge is 0.486 e. The van der Waals surface area contributed by atoms with E-state index in [2.05, 4.69) is 111 Å². The molecule has 0 fully saturated rings. The Kier molecular flexibility index (Phi) is 10.9. The molecule has 6 rings (SSSR count). The molecule has 0 N–H and O–H groups in total. The molecule has 0 aliphatic heterocycles. The Labute approximate surface area is 284 Å².